The number of aromatic nitrogens is 6. The molecular formula is C27H28F3N7O. The molecule has 6 rings (SSSR count). The summed E-state index contributed by atoms with van der Waals surface area (Å²) in [5.41, 5.74) is 3.51. The molecule has 0 radical (unpaired) electrons. The second kappa shape index (κ2) is 9.45. The smallest absolute Gasteiger partial charge is 0.434 e. The van der Waals surface area contributed by atoms with Crippen molar-refractivity contribution < 1.29 is 17.9 Å². The number of hydrogen-bond acceptors (Lipinski definition) is 6. The fourth-order valence-electron chi connectivity index (χ4n) is 5.08. The summed E-state index contributed by atoms with van der Waals surface area (Å²) in [6, 6.07) is 9.66. The first kappa shape index (κ1) is 24.4. The van der Waals surface area contributed by atoms with Crippen LogP contribution in [0, 0.1) is 0 Å². The summed E-state index contributed by atoms with van der Waals surface area (Å²) in [7, 11) is 1.62. The van der Waals surface area contributed by atoms with Gasteiger partial charge in [0.15, 0.2) is 5.69 Å². The summed E-state index contributed by atoms with van der Waals surface area (Å²) in [6.07, 6.45) is 1.33. The number of hydrogen-bond donors (Lipinski definition) is 0. The lowest BCUT2D eigenvalue weighted by Crippen LogP contribution is -2.31. The fraction of sp³-hybridized carbons (Fsp3) is 0.407. The van der Waals surface area contributed by atoms with Crippen LogP contribution in [-0.4, -0.2) is 43.0 Å². The number of halogens is 3. The second-order valence-electron chi connectivity index (χ2n) is 9.73. The first-order valence-electron chi connectivity index (χ1n) is 12.8. The van der Waals surface area contributed by atoms with Gasteiger partial charge in [-0.15, -0.1) is 0 Å². The SMILES string of the molecule is CCn1cc(C(F)(F)F)nc1-c1ccc(CN2CCCn3nc(-c4c(OC)ncnc4C4CC4)cc32)cc1. The van der Waals surface area contributed by atoms with Crippen molar-refractivity contribution in [1.29, 1.82) is 0 Å². The average Bonchev–Trinajstić information content (AvgIpc) is 3.50. The summed E-state index contributed by atoms with van der Waals surface area (Å²) >= 11 is 0. The van der Waals surface area contributed by atoms with Crippen LogP contribution in [0.1, 0.15) is 49.1 Å². The lowest BCUT2D eigenvalue weighted by molar-refractivity contribution is -0.140. The van der Waals surface area contributed by atoms with Crippen LogP contribution in [0.5, 0.6) is 5.88 Å². The van der Waals surface area contributed by atoms with E-state index in [4.69, 9.17) is 9.84 Å². The number of aryl methyl sites for hydroxylation is 2. The Bertz CT molecular complexity index is 1450. The van der Waals surface area contributed by atoms with Crippen molar-refractivity contribution in [2.24, 2.45) is 0 Å². The molecule has 1 saturated carbocycles. The van der Waals surface area contributed by atoms with Crippen LogP contribution < -0.4 is 9.64 Å². The topological polar surface area (TPSA) is 73.9 Å². The minimum absolute atomic E-state index is 0.317. The zero-order chi connectivity index (χ0) is 26.4. The van der Waals surface area contributed by atoms with Crippen LogP contribution >= 0.6 is 0 Å². The van der Waals surface area contributed by atoms with Crippen LogP contribution in [-0.2, 0) is 25.8 Å². The van der Waals surface area contributed by atoms with E-state index in [2.05, 4.69) is 25.9 Å². The van der Waals surface area contributed by atoms with Gasteiger partial charge >= 0.3 is 6.18 Å². The zero-order valence-electron chi connectivity index (χ0n) is 21.2. The average molecular weight is 524 g/mol. The molecular weight excluding hydrogens is 495 g/mol. The number of methoxy groups -OCH3 is 1. The van der Waals surface area contributed by atoms with E-state index in [1.165, 1.54) is 4.57 Å². The van der Waals surface area contributed by atoms with Gasteiger partial charge in [0.2, 0.25) is 5.88 Å². The minimum Gasteiger partial charge on any atom is -0.480 e. The van der Waals surface area contributed by atoms with Crippen LogP contribution in [0.2, 0.25) is 0 Å². The van der Waals surface area contributed by atoms with E-state index in [9.17, 15) is 13.2 Å². The molecule has 0 spiro atoms. The van der Waals surface area contributed by atoms with Gasteiger partial charge in [-0.25, -0.2) is 19.6 Å². The molecule has 0 amide bonds. The largest absolute Gasteiger partial charge is 0.480 e. The highest BCUT2D eigenvalue weighted by Gasteiger charge is 2.35. The molecule has 1 fully saturated rings. The maximum absolute atomic E-state index is 13.2. The first-order chi connectivity index (χ1) is 18.4. The third-order valence-corrected chi connectivity index (χ3v) is 7.13. The minimum atomic E-state index is -4.47. The van der Waals surface area contributed by atoms with Gasteiger partial charge in [0.25, 0.3) is 0 Å². The van der Waals surface area contributed by atoms with Crippen molar-refractivity contribution in [3.63, 3.8) is 0 Å². The van der Waals surface area contributed by atoms with Gasteiger partial charge in [-0.3, -0.25) is 0 Å². The van der Waals surface area contributed by atoms with E-state index in [1.54, 1.807) is 20.4 Å². The molecule has 38 heavy (non-hydrogen) atoms. The second-order valence-corrected chi connectivity index (χ2v) is 9.73. The molecule has 198 valence electrons. The number of imidazole rings is 1. The van der Waals surface area contributed by atoms with Crippen LogP contribution in [0.3, 0.4) is 0 Å². The molecule has 0 saturated heterocycles. The molecule has 1 aliphatic heterocycles. The van der Waals surface area contributed by atoms with E-state index in [0.717, 1.165) is 66.9 Å². The lowest BCUT2D eigenvalue weighted by atomic mass is 10.1. The van der Waals surface area contributed by atoms with Crippen molar-refractivity contribution in [3.05, 3.63) is 59.8 Å². The van der Waals surface area contributed by atoms with Gasteiger partial charge in [0.1, 0.15) is 23.7 Å². The van der Waals surface area contributed by atoms with Gasteiger partial charge in [0.05, 0.1) is 18.4 Å². The van der Waals surface area contributed by atoms with E-state index in [-0.39, 0.29) is 0 Å². The molecule has 0 atom stereocenters. The summed E-state index contributed by atoms with van der Waals surface area (Å²) in [4.78, 5) is 15.0. The molecule has 2 aliphatic rings. The van der Waals surface area contributed by atoms with E-state index in [1.807, 2.05) is 28.9 Å². The quantitative estimate of drug-likeness (QED) is 0.317. The lowest BCUT2D eigenvalue weighted by Gasteiger charge is -2.29. The Hall–Kier alpha value is -3.89. The van der Waals surface area contributed by atoms with Crippen molar-refractivity contribution in [3.8, 4) is 28.5 Å². The van der Waals surface area contributed by atoms with Crippen LogP contribution in [0.25, 0.3) is 22.6 Å². The third-order valence-electron chi connectivity index (χ3n) is 7.13. The Labute approximate surface area is 218 Å². The highest BCUT2D eigenvalue weighted by atomic mass is 19.4. The number of ether oxygens (including phenoxy) is 1. The molecule has 11 heteroatoms. The van der Waals surface area contributed by atoms with Crippen LogP contribution in [0.15, 0.2) is 42.9 Å². The Kier molecular flexibility index (Phi) is 6.08. The highest BCUT2D eigenvalue weighted by Crippen LogP contribution is 2.46. The molecule has 0 unspecified atom stereocenters. The molecule has 4 heterocycles. The predicted octanol–water partition coefficient (Wildman–Crippen LogP) is 5.54. The van der Waals surface area contributed by atoms with Gasteiger partial charge in [0, 0.05) is 49.9 Å². The first-order valence-corrected chi connectivity index (χ1v) is 12.8. The Morgan fingerprint density at radius 3 is 2.55 bits per heavy atom. The summed E-state index contributed by atoms with van der Waals surface area (Å²) in [6.45, 7) is 4.55. The highest BCUT2D eigenvalue weighted by molar-refractivity contribution is 5.71. The molecule has 0 N–H and O–H groups in total. The van der Waals surface area contributed by atoms with E-state index < -0.39 is 11.9 Å². The monoisotopic (exact) mass is 523 g/mol. The number of nitrogens with zero attached hydrogens (tertiary/aromatic N) is 7. The predicted molar refractivity (Wildman–Crippen MR) is 136 cm³/mol. The number of anilines is 1. The molecule has 4 aromatic rings. The Morgan fingerprint density at radius 2 is 1.87 bits per heavy atom. The van der Waals surface area contributed by atoms with Crippen molar-refractivity contribution >= 4 is 5.82 Å². The Balaban J connectivity index is 1.26. The number of fused-ring (bicyclic) bond motifs is 1. The van der Waals surface area contributed by atoms with E-state index >= 15 is 0 Å². The summed E-state index contributed by atoms with van der Waals surface area (Å²) in [5, 5.41) is 4.90. The number of rotatable bonds is 7. The van der Waals surface area contributed by atoms with E-state index in [0.29, 0.717) is 36.3 Å². The van der Waals surface area contributed by atoms with Crippen molar-refractivity contribution in [2.45, 2.75) is 57.9 Å². The third kappa shape index (κ3) is 4.50. The fourth-order valence-corrected chi connectivity index (χ4v) is 5.08. The van der Waals surface area contributed by atoms with Gasteiger partial charge in [-0.05, 0) is 31.7 Å². The van der Waals surface area contributed by atoms with Gasteiger partial charge in [-0.2, -0.15) is 18.3 Å². The molecule has 8 nitrogen and oxygen atoms in total. The maximum atomic E-state index is 13.2. The van der Waals surface area contributed by atoms with Crippen molar-refractivity contribution in [2.75, 3.05) is 18.6 Å². The molecule has 0 bridgehead atoms. The van der Waals surface area contributed by atoms with Crippen LogP contribution in [0.4, 0.5) is 19.0 Å². The summed E-state index contributed by atoms with van der Waals surface area (Å²) < 4.78 is 48.7. The van der Waals surface area contributed by atoms with Crippen molar-refractivity contribution in [1.82, 2.24) is 29.3 Å². The molecule has 1 aromatic carbocycles. The molecule has 1 aliphatic carbocycles. The maximum Gasteiger partial charge on any atom is 0.434 e. The standard InChI is InChI=1S/C27H28F3N7O/c1-3-35-15-21(27(28,29)30)33-25(35)19-7-5-17(6-8-19)14-36-11-4-12-37-22(36)13-20(34-37)23-24(18-9-10-18)31-16-32-26(23)38-2/h5-8,13,15-16,18H,3-4,9-12,14H2,1-2H3. The number of benzene rings is 1. The molecule has 3 aromatic heterocycles. The summed E-state index contributed by atoms with van der Waals surface area (Å²) in [5.74, 6) is 2.29. The number of alkyl halides is 3. The van der Waals surface area contributed by atoms with Gasteiger partial charge < -0.3 is 14.2 Å². The Morgan fingerprint density at radius 1 is 1.08 bits per heavy atom. The zero-order valence-corrected chi connectivity index (χ0v) is 21.2. The van der Waals surface area contributed by atoms with Gasteiger partial charge in [-0.1, -0.05) is 24.3 Å². The normalized spacial score (nSPS) is 15.6.